The van der Waals surface area contributed by atoms with E-state index in [1.807, 2.05) is 30.3 Å². The Hall–Kier alpha value is -4.73. The first kappa shape index (κ1) is 24.4. The number of nitro benzene ring substituents is 1. The van der Waals surface area contributed by atoms with Crippen LogP contribution >= 0.6 is 0 Å². The van der Waals surface area contributed by atoms with E-state index in [0.717, 1.165) is 18.1 Å². The van der Waals surface area contributed by atoms with E-state index in [1.54, 1.807) is 29.2 Å². The summed E-state index contributed by atoms with van der Waals surface area (Å²) in [5.41, 5.74) is 2.10. The highest BCUT2D eigenvalue weighted by atomic mass is 16.6. The van der Waals surface area contributed by atoms with Crippen molar-refractivity contribution < 1.29 is 24.0 Å². The molecule has 36 heavy (non-hydrogen) atoms. The number of hydrogen-bond donors (Lipinski definition) is 2. The van der Waals surface area contributed by atoms with Crippen LogP contribution in [0.2, 0.25) is 0 Å². The quantitative estimate of drug-likeness (QED) is 0.263. The Balaban J connectivity index is 1.40. The third-order valence-corrected chi connectivity index (χ3v) is 5.61. The Morgan fingerprint density at radius 3 is 2.56 bits per heavy atom. The van der Waals surface area contributed by atoms with Gasteiger partial charge in [0.05, 0.1) is 10.5 Å². The molecule has 1 aliphatic heterocycles. The molecule has 1 heterocycles. The number of esters is 1. The van der Waals surface area contributed by atoms with Crippen LogP contribution in [0.3, 0.4) is 0 Å². The first-order chi connectivity index (χ1) is 17.4. The Morgan fingerprint density at radius 1 is 1.03 bits per heavy atom. The Labute approximate surface area is 207 Å². The van der Waals surface area contributed by atoms with Gasteiger partial charge in [-0.25, -0.2) is 4.79 Å². The summed E-state index contributed by atoms with van der Waals surface area (Å²) in [5, 5.41) is 16.9. The van der Waals surface area contributed by atoms with E-state index in [2.05, 4.69) is 10.6 Å². The summed E-state index contributed by atoms with van der Waals surface area (Å²) in [7, 11) is 0. The first-order valence-corrected chi connectivity index (χ1v) is 11.3. The number of hydrogen-bond acceptors (Lipinski definition) is 7. The number of benzene rings is 3. The SMILES string of the molecule is O=C(COC(=O)c1cc([N+](=O)[O-])ccc1NCc1ccccc1)Nc1cccc(N2CCCC2=O)c1. The molecular weight excluding hydrogens is 464 g/mol. The molecule has 0 atom stereocenters. The lowest BCUT2D eigenvalue weighted by Crippen LogP contribution is -2.24. The van der Waals surface area contributed by atoms with Gasteiger partial charge in [-0.05, 0) is 36.2 Å². The zero-order chi connectivity index (χ0) is 25.5. The molecule has 0 bridgehead atoms. The summed E-state index contributed by atoms with van der Waals surface area (Å²) in [6, 6.07) is 20.1. The molecule has 0 spiro atoms. The molecule has 1 aliphatic rings. The number of carbonyl (C=O) groups is 3. The predicted octanol–water partition coefficient (Wildman–Crippen LogP) is 4.13. The van der Waals surface area contributed by atoms with Gasteiger partial charge in [0.15, 0.2) is 6.61 Å². The minimum atomic E-state index is -0.874. The molecule has 1 fully saturated rings. The van der Waals surface area contributed by atoms with Gasteiger partial charge in [0.1, 0.15) is 0 Å². The molecule has 0 aliphatic carbocycles. The highest BCUT2D eigenvalue weighted by molar-refractivity contribution is 6.00. The number of carbonyl (C=O) groups excluding carboxylic acids is 3. The summed E-state index contributed by atoms with van der Waals surface area (Å²) >= 11 is 0. The molecule has 0 unspecified atom stereocenters. The third-order valence-electron chi connectivity index (χ3n) is 5.61. The number of anilines is 3. The molecule has 10 heteroatoms. The number of ether oxygens (including phenoxy) is 1. The van der Waals surface area contributed by atoms with Crippen LogP contribution in [0.4, 0.5) is 22.7 Å². The van der Waals surface area contributed by atoms with Crippen LogP contribution in [-0.4, -0.2) is 35.9 Å². The van der Waals surface area contributed by atoms with Crippen LogP contribution in [-0.2, 0) is 20.9 Å². The second-order valence-corrected chi connectivity index (χ2v) is 8.15. The molecule has 10 nitrogen and oxygen atoms in total. The maximum absolute atomic E-state index is 12.8. The molecule has 4 rings (SSSR count). The average Bonchev–Trinajstić information content (AvgIpc) is 3.32. The zero-order valence-corrected chi connectivity index (χ0v) is 19.3. The normalized spacial score (nSPS) is 12.8. The third kappa shape index (κ3) is 6.03. The number of amides is 2. The molecule has 0 saturated carbocycles. The van der Waals surface area contributed by atoms with E-state index >= 15 is 0 Å². The van der Waals surface area contributed by atoms with E-state index < -0.39 is 23.4 Å². The highest BCUT2D eigenvalue weighted by Gasteiger charge is 2.22. The highest BCUT2D eigenvalue weighted by Crippen LogP contribution is 2.25. The number of non-ortho nitro benzene ring substituents is 1. The molecule has 0 radical (unpaired) electrons. The van der Waals surface area contributed by atoms with Gasteiger partial charge in [0.2, 0.25) is 5.91 Å². The van der Waals surface area contributed by atoms with Crippen molar-refractivity contribution in [2.24, 2.45) is 0 Å². The van der Waals surface area contributed by atoms with Crippen LogP contribution in [0.1, 0.15) is 28.8 Å². The fourth-order valence-electron chi connectivity index (χ4n) is 3.84. The average molecular weight is 489 g/mol. The number of nitrogens with zero attached hydrogens (tertiary/aromatic N) is 2. The van der Waals surface area contributed by atoms with Crippen LogP contribution < -0.4 is 15.5 Å². The second-order valence-electron chi connectivity index (χ2n) is 8.15. The van der Waals surface area contributed by atoms with Crippen molar-refractivity contribution in [2.45, 2.75) is 19.4 Å². The Bertz CT molecular complexity index is 1290. The smallest absolute Gasteiger partial charge is 0.341 e. The van der Waals surface area contributed by atoms with Crippen LogP contribution in [0.25, 0.3) is 0 Å². The van der Waals surface area contributed by atoms with Crippen molar-refractivity contribution in [2.75, 3.05) is 28.7 Å². The summed E-state index contributed by atoms with van der Waals surface area (Å²) in [5.74, 6) is -1.43. The fraction of sp³-hybridized carbons (Fsp3) is 0.192. The second kappa shape index (κ2) is 11.1. The van der Waals surface area contributed by atoms with Crippen molar-refractivity contribution in [3.8, 4) is 0 Å². The van der Waals surface area contributed by atoms with Crippen molar-refractivity contribution in [1.82, 2.24) is 0 Å². The lowest BCUT2D eigenvalue weighted by Gasteiger charge is -2.17. The molecule has 184 valence electrons. The van der Waals surface area contributed by atoms with Gasteiger partial charge >= 0.3 is 5.97 Å². The molecule has 0 aromatic heterocycles. The van der Waals surface area contributed by atoms with E-state index in [9.17, 15) is 24.5 Å². The minimum Gasteiger partial charge on any atom is -0.452 e. The Morgan fingerprint density at radius 2 is 1.83 bits per heavy atom. The van der Waals surface area contributed by atoms with E-state index in [4.69, 9.17) is 4.74 Å². The fourth-order valence-corrected chi connectivity index (χ4v) is 3.84. The van der Waals surface area contributed by atoms with E-state index in [-0.39, 0.29) is 17.2 Å². The molecule has 2 N–H and O–H groups in total. The van der Waals surface area contributed by atoms with Crippen LogP contribution in [0, 0.1) is 10.1 Å². The minimum absolute atomic E-state index is 0.0287. The van der Waals surface area contributed by atoms with Gasteiger partial charge in [-0.1, -0.05) is 36.4 Å². The number of nitro groups is 1. The largest absolute Gasteiger partial charge is 0.452 e. The molecule has 3 aromatic rings. The van der Waals surface area contributed by atoms with Crippen molar-refractivity contribution >= 4 is 40.5 Å². The number of rotatable bonds is 9. The van der Waals surface area contributed by atoms with Gasteiger partial charge in [0, 0.05) is 48.7 Å². The standard InChI is InChI=1S/C26H24N4O6/c31-24(28-19-8-4-9-20(14-19)29-13-5-10-25(29)32)17-36-26(33)22-15-21(30(34)35)11-12-23(22)27-16-18-6-2-1-3-7-18/h1-4,6-9,11-12,14-15,27H,5,10,13,16-17H2,(H,28,31). The van der Waals surface area contributed by atoms with Gasteiger partial charge in [-0.2, -0.15) is 0 Å². The maximum atomic E-state index is 12.8. The van der Waals surface area contributed by atoms with Crippen molar-refractivity contribution in [3.63, 3.8) is 0 Å². The summed E-state index contributed by atoms with van der Waals surface area (Å²) in [6.07, 6.45) is 1.28. The van der Waals surface area contributed by atoms with Crippen molar-refractivity contribution in [3.05, 3.63) is 94.0 Å². The lowest BCUT2D eigenvalue weighted by molar-refractivity contribution is -0.384. The molecular formula is C26H24N4O6. The van der Waals surface area contributed by atoms with Crippen LogP contribution in [0.15, 0.2) is 72.8 Å². The number of nitrogens with one attached hydrogen (secondary N) is 2. The summed E-state index contributed by atoms with van der Waals surface area (Å²) < 4.78 is 5.16. The topological polar surface area (TPSA) is 131 Å². The van der Waals surface area contributed by atoms with Gasteiger partial charge in [-0.15, -0.1) is 0 Å². The maximum Gasteiger partial charge on any atom is 0.341 e. The van der Waals surface area contributed by atoms with Gasteiger partial charge < -0.3 is 20.3 Å². The molecule has 3 aromatic carbocycles. The zero-order valence-electron chi connectivity index (χ0n) is 19.3. The molecule has 1 saturated heterocycles. The van der Waals surface area contributed by atoms with E-state index in [1.165, 1.54) is 12.1 Å². The van der Waals surface area contributed by atoms with E-state index in [0.29, 0.717) is 36.6 Å². The lowest BCUT2D eigenvalue weighted by atomic mass is 10.1. The van der Waals surface area contributed by atoms with Gasteiger partial charge in [-0.3, -0.25) is 19.7 Å². The monoisotopic (exact) mass is 488 g/mol. The molecule has 2 amide bonds. The van der Waals surface area contributed by atoms with Crippen molar-refractivity contribution in [1.29, 1.82) is 0 Å². The summed E-state index contributed by atoms with van der Waals surface area (Å²) in [4.78, 5) is 49.4. The predicted molar refractivity (Wildman–Crippen MR) is 134 cm³/mol. The Kier molecular flexibility index (Phi) is 7.54. The van der Waals surface area contributed by atoms with Crippen LogP contribution in [0.5, 0.6) is 0 Å². The summed E-state index contributed by atoms with van der Waals surface area (Å²) in [6.45, 7) is 0.416. The first-order valence-electron chi connectivity index (χ1n) is 11.3. The van der Waals surface area contributed by atoms with Gasteiger partial charge in [0.25, 0.3) is 11.6 Å².